The molecule has 0 aromatic heterocycles. The molecule has 0 heterocycles. The Balaban J connectivity index is 4.23. The van der Waals surface area contributed by atoms with E-state index in [4.69, 9.17) is 14.2 Å². The maximum absolute atomic E-state index is 12.9. The number of ether oxygens (including phenoxy) is 3. The van der Waals surface area contributed by atoms with Gasteiger partial charge in [0.2, 0.25) is 0 Å². The molecule has 0 spiro atoms. The van der Waals surface area contributed by atoms with Gasteiger partial charge in [-0.1, -0.05) is 322 Å². The van der Waals surface area contributed by atoms with Crippen molar-refractivity contribution < 1.29 is 28.6 Å². The molecule has 0 radical (unpaired) electrons. The highest BCUT2D eigenvalue weighted by atomic mass is 16.6. The third-order valence-corrected chi connectivity index (χ3v) is 15.0. The van der Waals surface area contributed by atoms with Crippen molar-refractivity contribution in [3.8, 4) is 0 Å². The van der Waals surface area contributed by atoms with Gasteiger partial charge in [-0.3, -0.25) is 14.4 Å². The van der Waals surface area contributed by atoms with Crippen LogP contribution in [0.4, 0.5) is 0 Å². The van der Waals surface area contributed by atoms with Crippen LogP contribution in [0.3, 0.4) is 0 Å². The zero-order chi connectivity index (χ0) is 52.2. The van der Waals surface area contributed by atoms with Crippen LogP contribution in [0, 0.1) is 0 Å². The third-order valence-electron chi connectivity index (χ3n) is 15.0. The molecule has 0 aliphatic heterocycles. The van der Waals surface area contributed by atoms with E-state index in [-0.39, 0.29) is 31.1 Å². The van der Waals surface area contributed by atoms with Crippen molar-refractivity contribution in [2.45, 2.75) is 380 Å². The maximum atomic E-state index is 12.9. The largest absolute Gasteiger partial charge is 0.462 e. The number of carbonyl (C=O) groups excluding carboxylic acids is 3. The predicted octanol–water partition coefficient (Wildman–Crippen LogP) is 22.1. The van der Waals surface area contributed by atoms with Gasteiger partial charge in [0, 0.05) is 19.3 Å². The minimum absolute atomic E-state index is 0.0669. The van der Waals surface area contributed by atoms with Gasteiger partial charge in [-0.15, -0.1) is 0 Å². The number of hydrogen-bond donors (Lipinski definition) is 0. The topological polar surface area (TPSA) is 78.9 Å². The van der Waals surface area contributed by atoms with Gasteiger partial charge in [0.05, 0.1) is 0 Å². The van der Waals surface area contributed by atoms with Gasteiger partial charge in [0.1, 0.15) is 13.2 Å². The molecule has 1 atom stereocenters. The van der Waals surface area contributed by atoms with Crippen molar-refractivity contribution in [2.24, 2.45) is 0 Å². The van der Waals surface area contributed by atoms with Crippen LogP contribution in [0.1, 0.15) is 374 Å². The van der Waals surface area contributed by atoms with Gasteiger partial charge in [0.25, 0.3) is 0 Å². The van der Waals surface area contributed by atoms with Crippen LogP contribution in [0.5, 0.6) is 0 Å². The summed E-state index contributed by atoms with van der Waals surface area (Å²) in [5.41, 5.74) is 0. The molecule has 0 aliphatic rings. The van der Waals surface area contributed by atoms with E-state index in [9.17, 15) is 14.4 Å². The van der Waals surface area contributed by atoms with Crippen molar-refractivity contribution in [3.63, 3.8) is 0 Å². The Labute approximate surface area is 450 Å². The number of esters is 3. The Hall–Kier alpha value is -1.85. The van der Waals surface area contributed by atoms with Crippen LogP contribution in [0.2, 0.25) is 0 Å². The van der Waals surface area contributed by atoms with Crippen molar-refractivity contribution in [3.05, 3.63) is 12.2 Å². The summed E-state index contributed by atoms with van der Waals surface area (Å²) in [5, 5.41) is 0. The fourth-order valence-corrected chi connectivity index (χ4v) is 10.1. The van der Waals surface area contributed by atoms with Gasteiger partial charge in [-0.25, -0.2) is 0 Å². The number of carbonyl (C=O) groups is 3. The molecule has 0 aromatic rings. The van der Waals surface area contributed by atoms with Gasteiger partial charge < -0.3 is 14.2 Å². The second-order valence-corrected chi connectivity index (χ2v) is 22.4. The number of hydrogen-bond acceptors (Lipinski definition) is 6. The van der Waals surface area contributed by atoms with Crippen molar-refractivity contribution in [1.82, 2.24) is 0 Å². The monoisotopic (exact) mass is 1010 g/mol. The van der Waals surface area contributed by atoms with E-state index in [1.807, 2.05) is 0 Å². The highest BCUT2D eigenvalue weighted by Crippen LogP contribution is 2.18. The van der Waals surface area contributed by atoms with E-state index >= 15 is 0 Å². The minimum Gasteiger partial charge on any atom is -0.462 e. The highest BCUT2D eigenvalue weighted by Gasteiger charge is 2.19. The van der Waals surface area contributed by atoms with Crippen LogP contribution < -0.4 is 0 Å². The van der Waals surface area contributed by atoms with Gasteiger partial charge in [0.15, 0.2) is 6.10 Å². The number of allylic oxidation sites excluding steroid dienone is 2. The normalized spacial score (nSPS) is 12.0. The Morgan fingerprint density at radius 3 is 0.694 bits per heavy atom. The molecule has 0 amide bonds. The van der Waals surface area contributed by atoms with E-state index in [1.54, 1.807) is 0 Å². The first-order valence-electron chi connectivity index (χ1n) is 32.7. The summed E-state index contributed by atoms with van der Waals surface area (Å²) in [7, 11) is 0. The molecular formula is C66H126O6. The molecule has 0 rings (SSSR count). The second kappa shape index (κ2) is 61.7. The molecule has 0 fully saturated rings. The number of unbranched alkanes of at least 4 members (excludes halogenated alkanes) is 48. The molecule has 6 heteroatoms. The molecule has 6 nitrogen and oxygen atoms in total. The Morgan fingerprint density at radius 1 is 0.264 bits per heavy atom. The smallest absolute Gasteiger partial charge is 0.306 e. The lowest BCUT2D eigenvalue weighted by Gasteiger charge is -2.18. The van der Waals surface area contributed by atoms with Gasteiger partial charge in [-0.2, -0.15) is 0 Å². The molecule has 0 aromatic carbocycles. The Morgan fingerprint density at radius 2 is 0.458 bits per heavy atom. The van der Waals surface area contributed by atoms with Gasteiger partial charge >= 0.3 is 17.9 Å². The standard InChI is InChI=1S/C66H126O6/c1-4-7-10-13-16-19-22-25-28-29-30-31-32-33-34-35-36-39-41-44-47-50-53-56-59-65(68)71-62-63(72-66(69)60-57-54-51-48-45-42-38-27-24-21-18-15-12-9-6-3)61-70-64(67)58-55-52-49-46-43-40-37-26-23-20-17-14-11-8-5-2/h27,38,63H,4-26,28-37,39-62H2,1-3H3/b38-27-. The maximum Gasteiger partial charge on any atom is 0.306 e. The molecule has 0 saturated carbocycles. The van der Waals surface area contributed by atoms with Crippen LogP contribution in [0.15, 0.2) is 12.2 Å². The first-order chi connectivity index (χ1) is 35.5. The highest BCUT2D eigenvalue weighted by molar-refractivity contribution is 5.71. The number of rotatable bonds is 61. The van der Waals surface area contributed by atoms with Crippen LogP contribution in [-0.4, -0.2) is 37.2 Å². The van der Waals surface area contributed by atoms with Crippen molar-refractivity contribution in [2.75, 3.05) is 13.2 Å². The van der Waals surface area contributed by atoms with Gasteiger partial charge in [-0.05, 0) is 44.9 Å². The average Bonchev–Trinajstić information content (AvgIpc) is 3.38. The summed E-state index contributed by atoms with van der Waals surface area (Å²) in [6.45, 7) is 6.71. The molecule has 0 saturated heterocycles. The zero-order valence-electron chi connectivity index (χ0n) is 49.0. The summed E-state index contributed by atoms with van der Waals surface area (Å²) in [6, 6.07) is 0. The van der Waals surface area contributed by atoms with Crippen LogP contribution in [-0.2, 0) is 28.6 Å². The lowest BCUT2D eigenvalue weighted by Crippen LogP contribution is -2.30. The average molecular weight is 1020 g/mol. The molecule has 0 bridgehead atoms. The molecule has 426 valence electrons. The molecule has 0 aliphatic carbocycles. The van der Waals surface area contributed by atoms with Crippen LogP contribution in [0.25, 0.3) is 0 Å². The lowest BCUT2D eigenvalue weighted by atomic mass is 10.0. The molecule has 0 N–H and O–H groups in total. The third kappa shape index (κ3) is 59.0. The van der Waals surface area contributed by atoms with E-state index in [1.165, 1.54) is 270 Å². The SMILES string of the molecule is CCCCCCCC/C=C\CCCCCCCC(=O)OC(COC(=O)CCCCCCCCCCCCCCCCC)COC(=O)CCCCCCCCCCCCCCCCCCCCCCCCCC. The quantitative estimate of drug-likeness (QED) is 0.0261. The summed E-state index contributed by atoms with van der Waals surface area (Å²) < 4.78 is 16.9. The lowest BCUT2D eigenvalue weighted by molar-refractivity contribution is -0.167. The summed E-state index contributed by atoms with van der Waals surface area (Å²) in [6.07, 6.45) is 72.2. The molecule has 72 heavy (non-hydrogen) atoms. The summed E-state index contributed by atoms with van der Waals surface area (Å²) in [4.78, 5) is 38.3. The Kier molecular flexibility index (Phi) is 60.1. The molecular weight excluding hydrogens is 889 g/mol. The fraction of sp³-hybridized carbons (Fsp3) is 0.924. The fourth-order valence-electron chi connectivity index (χ4n) is 10.1. The zero-order valence-corrected chi connectivity index (χ0v) is 49.0. The minimum atomic E-state index is -0.770. The van der Waals surface area contributed by atoms with E-state index in [2.05, 4.69) is 32.9 Å². The predicted molar refractivity (Wildman–Crippen MR) is 312 cm³/mol. The van der Waals surface area contributed by atoms with E-state index in [0.717, 1.165) is 64.2 Å². The summed E-state index contributed by atoms with van der Waals surface area (Å²) in [5.74, 6) is -0.845. The van der Waals surface area contributed by atoms with E-state index < -0.39 is 6.10 Å². The molecule has 1 unspecified atom stereocenters. The second-order valence-electron chi connectivity index (χ2n) is 22.4. The Bertz CT molecular complexity index is 1120. The van der Waals surface area contributed by atoms with Crippen LogP contribution >= 0.6 is 0 Å². The van der Waals surface area contributed by atoms with Crippen molar-refractivity contribution >= 4 is 17.9 Å². The van der Waals surface area contributed by atoms with Crippen molar-refractivity contribution in [1.29, 1.82) is 0 Å². The first kappa shape index (κ1) is 70.1. The first-order valence-corrected chi connectivity index (χ1v) is 32.7. The summed E-state index contributed by atoms with van der Waals surface area (Å²) >= 11 is 0. The van der Waals surface area contributed by atoms with E-state index in [0.29, 0.717) is 19.3 Å².